The molecule has 3 rings (SSSR count). The van der Waals surface area contributed by atoms with Gasteiger partial charge in [0.25, 0.3) is 0 Å². The van der Waals surface area contributed by atoms with Gasteiger partial charge in [0.05, 0.1) is 30.8 Å². The van der Waals surface area contributed by atoms with E-state index in [1.807, 2.05) is 30.3 Å². The average Bonchev–Trinajstić information content (AvgIpc) is 3.12. The monoisotopic (exact) mass is 383 g/mol. The van der Waals surface area contributed by atoms with Crippen molar-refractivity contribution in [2.75, 3.05) is 7.11 Å². The molecule has 3 aromatic rings. The maximum atomic E-state index is 12.0. The van der Waals surface area contributed by atoms with Crippen LogP contribution in [0.15, 0.2) is 65.9 Å². The Morgan fingerprint density at radius 1 is 1.07 bits per heavy atom. The molecular formula is C19H14ClN3O4. The summed E-state index contributed by atoms with van der Waals surface area (Å²) >= 11 is 5.79. The zero-order valence-corrected chi connectivity index (χ0v) is 15.0. The van der Waals surface area contributed by atoms with Crippen LogP contribution in [-0.4, -0.2) is 35.0 Å². The topological polar surface area (TPSA) is 82.8 Å². The number of nitrogens with zero attached hydrogens (tertiary/aromatic N) is 3. The third-order valence-corrected chi connectivity index (χ3v) is 3.86. The number of rotatable bonds is 5. The van der Waals surface area contributed by atoms with Gasteiger partial charge in [-0.2, -0.15) is 5.10 Å². The highest BCUT2D eigenvalue weighted by Gasteiger charge is 2.18. The number of benzene rings is 2. The van der Waals surface area contributed by atoms with Crippen molar-refractivity contribution < 1.29 is 19.2 Å². The Morgan fingerprint density at radius 2 is 1.78 bits per heavy atom. The van der Waals surface area contributed by atoms with E-state index < -0.39 is 11.9 Å². The van der Waals surface area contributed by atoms with E-state index in [4.69, 9.17) is 21.2 Å². The van der Waals surface area contributed by atoms with Crippen LogP contribution in [0.5, 0.6) is 0 Å². The Bertz CT molecular complexity index is 982. The van der Waals surface area contributed by atoms with E-state index in [0.29, 0.717) is 22.0 Å². The molecule has 0 aliphatic carbocycles. The van der Waals surface area contributed by atoms with Crippen molar-refractivity contribution >= 4 is 29.8 Å². The number of halogens is 1. The van der Waals surface area contributed by atoms with Crippen LogP contribution in [0.25, 0.3) is 5.69 Å². The first kappa shape index (κ1) is 18.3. The number of para-hydroxylation sites is 1. The SMILES string of the molecule is COC(=O)c1cnn(-c2ccccc2)c1/C=N\OC(=O)c1ccc(Cl)cc1. The maximum Gasteiger partial charge on any atom is 0.365 e. The Balaban J connectivity index is 1.87. The molecule has 0 fully saturated rings. The summed E-state index contributed by atoms with van der Waals surface area (Å²) in [7, 11) is 1.27. The molecule has 0 saturated heterocycles. The van der Waals surface area contributed by atoms with E-state index in [9.17, 15) is 9.59 Å². The second-order valence-corrected chi connectivity index (χ2v) is 5.74. The van der Waals surface area contributed by atoms with Crippen molar-refractivity contribution in [1.29, 1.82) is 0 Å². The predicted octanol–water partition coefficient (Wildman–Crippen LogP) is 3.50. The summed E-state index contributed by atoms with van der Waals surface area (Å²) in [5.74, 6) is -1.24. The van der Waals surface area contributed by atoms with Gasteiger partial charge in [0.1, 0.15) is 11.3 Å². The Hall–Kier alpha value is -3.45. The molecule has 0 aliphatic heterocycles. The molecule has 27 heavy (non-hydrogen) atoms. The molecule has 0 spiro atoms. The molecule has 0 radical (unpaired) electrons. The first-order chi connectivity index (χ1) is 13.1. The molecule has 0 unspecified atom stereocenters. The van der Waals surface area contributed by atoms with Crippen LogP contribution in [0.4, 0.5) is 0 Å². The Morgan fingerprint density at radius 3 is 2.44 bits per heavy atom. The Kier molecular flexibility index (Phi) is 5.63. The number of carbonyl (C=O) groups excluding carboxylic acids is 2. The lowest BCUT2D eigenvalue weighted by atomic mass is 10.2. The number of hydrogen-bond acceptors (Lipinski definition) is 6. The minimum absolute atomic E-state index is 0.188. The molecule has 8 heteroatoms. The number of oxime groups is 1. The first-order valence-electron chi connectivity index (χ1n) is 7.82. The largest absolute Gasteiger partial charge is 0.465 e. The minimum atomic E-state index is -0.659. The fourth-order valence-corrected chi connectivity index (χ4v) is 2.41. The standard InChI is InChI=1S/C19H14ClN3O4/c1-26-19(25)16-11-21-23(15-5-3-2-4-6-15)17(16)12-22-27-18(24)13-7-9-14(20)10-8-13/h2-12H,1H3/b22-12-. The molecule has 0 amide bonds. The molecule has 136 valence electrons. The quantitative estimate of drug-likeness (QED) is 0.291. The lowest BCUT2D eigenvalue weighted by Crippen LogP contribution is -2.08. The van der Waals surface area contributed by atoms with Gasteiger partial charge >= 0.3 is 11.9 Å². The van der Waals surface area contributed by atoms with Crippen molar-refractivity contribution in [2.24, 2.45) is 5.16 Å². The zero-order valence-electron chi connectivity index (χ0n) is 14.2. The van der Waals surface area contributed by atoms with E-state index >= 15 is 0 Å². The van der Waals surface area contributed by atoms with Crippen molar-refractivity contribution in [2.45, 2.75) is 0 Å². The molecule has 0 aliphatic rings. The molecule has 1 heterocycles. The van der Waals surface area contributed by atoms with E-state index in [1.165, 1.54) is 36.3 Å². The van der Waals surface area contributed by atoms with Crippen molar-refractivity contribution in [3.8, 4) is 5.69 Å². The maximum absolute atomic E-state index is 12.0. The number of esters is 1. The molecule has 2 aromatic carbocycles. The minimum Gasteiger partial charge on any atom is -0.465 e. The summed E-state index contributed by atoms with van der Waals surface area (Å²) < 4.78 is 6.25. The van der Waals surface area contributed by atoms with Gasteiger partial charge in [0, 0.05) is 5.02 Å². The highest BCUT2D eigenvalue weighted by Crippen LogP contribution is 2.15. The molecule has 0 saturated carbocycles. The number of carbonyl (C=O) groups is 2. The zero-order chi connectivity index (χ0) is 19.2. The van der Waals surface area contributed by atoms with Gasteiger partial charge < -0.3 is 9.57 Å². The lowest BCUT2D eigenvalue weighted by molar-refractivity contribution is 0.0519. The van der Waals surface area contributed by atoms with Gasteiger partial charge in [0.15, 0.2) is 0 Å². The molecule has 0 N–H and O–H groups in total. The number of aromatic nitrogens is 2. The van der Waals surface area contributed by atoms with Crippen LogP contribution in [0.3, 0.4) is 0 Å². The Labute approximate surface area is 159 Å². The third kappa shape index (κ3) is 4.21. The van der Waals surface area contributed by atoms with Gasteiger partial charge in [-0.15, -0.1) is 0 Å². The average molecular weight is 384 g/mol. The van der Waals surface area contributed by atoms with Crippen LogP contribution in [0.1, 0.15) is 26.4 Å². The number of ether oxygens (including phenoxy) is 1. The van der Waals surface area contributed by atoms with E-state index in [0.717, 1.165) is 0 Å². The van der Waals surface area contributed by atoms with Crippen molar-refractivity contribution in [3.63, 3.8) is 0 Å². The fourth-order valence-electron chi connectivity index (χ4n) is 2.29. The van der Waals surface area contributed by atoms with Gasteiger partial charge in [0.2, 0.25) is 0 Å². The van der Waals surface area contributed by atoms with Gasteiger partial charge in [-0.25, -0.2) is 14.3 Å². The fraction of sp³-hybridized carbons (Fsp3) is 0.0526. The van der Waals surface area contributed by atoms with Gasteiger partial charge in [-0.05, 0) is 36.4 Å². The molecule has 1 aromatic heterocycles. The highest BCUT2D eigenvalue weighted by atomic mass is 35.5. The van der Waals surface area contributed by atoms with Crippen LogP contribution in [0.2, 0.25) is 5.02 Å². The molecule has 0 atom stereocenters. The van der Waals surface area contributed by atoms with E-state index in [2.05, 4.69) is 10.3 Å². The normalized spacial score (nSPS) is 10.7. The molecular weight excluding hydrogens is 370 g/mol. The van der Waals surface area contributed by atoms with Crippen LogP contribution < -0.4 is 0 Å². The molecule has 0 bridgehead atoms. The third-order valence-electron chi connectivity index (χ3n) is 3.60. The summed E-state index contributed by atoms with van der Waals surface area (Å²) in [6.07, 6.45) is 2.60. The van der Waals surface area contributed by atoms with E-state index in [-0.39, 0.29) is 5.56 Å². The second kappa shape index (κ2) is 8.29. The van der Waals surface area contributed by atoms with Crippen LogP contribution in [0, 0.1) is 0 Å². The summed E-state index contributed by atoms with van der Waals surface area (Å²) in [4.78, 5) is 28.9. The summed E-state index contributed by atoms with van der Waals surface area (Å²) in [5, 5.41) is 8.39. The summed E-state index contributed by atoms with van der Waals surface area (Å²) in [6, 6.07) is 15.3. The van der Waals surface area contributed by atoms with E-state index in [1.54, 1.807) is 12.1 Å². The summed E-state index contributed by atoms with van der Waals surface area (Å²) in [6.45, 7) is 0. The smallest absolute Gasteiger partial charge is 0.365 e. The van der Waals surface area contributed by atoms with Crippen LogP contribution >= 0.6 is 11.6 Å². The second-order valence-electron chi connectivity index (χ2n) is 5.30. The number of hydrogen-bond donors (Lipinski definition) is 0. The van der Waals surface area contributed by atoms with Gasteiger partial charge in [-0.1, -0.05) is 35.0 Å². The van der Waals surface area contributed by atoms with Crippen molar-refractivity contribution in [3.05, 3.63) is 82.6 Å². The highest BCUT2D eigenvalue weighted by molar-refractivity contribution is 6.30. The predicted molar refractivity (Wildman–Crippen MR) is 99.4 cm³/mol. The van der Waals surface area contributed by atoms with Gasteiger partial charge in [-0.3, -0.25) is 0 Å². The number of methoxy groups -OCH3 is 1. The first-order valence-corrected chi connectivity index (χ1v) is 8.20. The van der Waals surface area contributed by atoms with Crippen LogP contribution in [-0.2, 0) is 9.57 Å². The lowest BCUT2D eigenvalue weighted by Gasteiger charge is -2.05. The summed E-state index contributed by atoms with van der Waals surface area (Å²) in [5.41, 5.74) is 1.50. The van der Waals surface area contributed by atoms with Crippen molar-refractivity contribution in [1.82, 2.24) is 9.78 Å². The molecule has 7 nitrogen and oxygen atoms in total.